The molecule has 98 valence electrons. The molecule has 2 atom stereocenters. The minimum Gasteiger partial charge on any atom is -0.341 e. The lowest BCUT2D eigenvalue weighted by molar-refractivity contribution is -0.134. The smallest absolute Gasteiger partial charge is 0.239 e. The van der Waals surface area contributed by atoms with Crippen molar-refractivity contribution in [2.75, 3.05) is 13.1 Å². The van der Waals surface area contributed by atoms with Crippen LogP contribution in [0.25, 0.3) is 0 Å². The first kappa shape index (κ1) is 13.1. The van der Waals surface area contributed by atoms with E-state index in [2.05, 4.69) is 6.92 Å². The van der Waals surface area contributed by atoms with Crippen LogP contribution in [-0.2, 0) is 11.2 Å². The zero-order chi connectivity index (χ0) is 13.0. The first-order valence-electron chi connectivity index (χ1n) is 6.75. The molecule has 0 aliphatic carbocycles. The van der Waals surface area contributed by atoms with Crippen molar-refractivity contribution in [3.63, 3.8) is 0 Å². The minimum absolute atomic E-state index is 0.102. The Morgan fingerprint density at radius 1 is 1.44 bits per heavy atom. The Hall–Kier alpha value is -1.35. The summed E-state index contributed by atoms with van der Waals surface area (Å²) in [7, 11) is 0. The Balaban J connectivity index is 1.92. The molecular formula is C15H22N2O. The highest BCUT2D eigenvalue weighted by atomic mass is 16.2. The van der Waals surface area contributed by atoms with Gasteiger partial charge in [-0.1, -0.05) is 37.3 Å². The molecule has 1 aromatic rings. The lowest BCUT2D eigenvalue weighted by Gasteiger charge is -2.32. The maximum Gasteiger partial charge on any atom is 0.239 e. The van der Waals surface area contributed by atoms with Crippen LogP contribution < -0.4 is 5.73 Å². The maximum atomic E-state index is 12.2. The van der Waals surface area contributed by atoms with Crippen molar-refractivity contribution in [3.8, 4) is 0 Å². The van der Waals surface area contributed by atoms with E-state index >= 15 is 0 Å². The van der Waals surface area contributed by atoms with Gasteiger partial charge in [0.05, 0.1) is 6.04 Å². The highest BCUT2D eigenvalue weighted by Crippen LogP contribution is 2.16. The van der Waals surface area contributed by atoms with Gasteiger partial charge in [0, 0.05) is 13.1 Å². The second-order valence-electron chi connectivity index (χ2n) is 5.33. The molecule has 2 rings (SSSR count). The molecule has 0 bridgehead atoms. The lowest BCUT2D eigenvalue weighted by Crippen LogP contribution is -2.48. The van der Waals surface area contributed by atoms with Crippen LogP contribution in [0.4, 0.5) is 0 Å². The minimum atomic E-state index is -0.405. The van der Waals surface area contributed by atoms with Crippen molar-refractivity contribution in [2.24, 2.45) is 11.7 Å². The quantitative estimate of drug-likeness (QED) is 0.884. The van der Waals surface area contributed by atoms with Crippen LogP contribution in [0.5, 0.6) is 0 Å². The molecule has 1 aliphatic heterocycles. The average molecular weight is 246 g/mol. The number of carbonyl (C=O) groups is 1. The SMILES string of the molecule is CC1CCCN(C(=O)[C@H](N)Cc2ccccc2)C1. The van der Waals surface area contributed by atoms with Gasteiger partial charge in [0.15, 0.2) is 0 Å². The van der Waals surface area contributed by atoms with Gasteiger partial charge < -0.3 is 10.6 Å². The molecule has 0 saturated carbocycles. The fourth-order valence-corrected chi connectivity index (χ4v) is 2.58. The Bertz CT molecular complexity index is 391. The predicted molar refractivity (Wildman–Crippen MR) is 73.1 cm³/mol. The number of benzene rings is 1. The molecule has 0 radical (unpaired) electrons. The monoisotopic (exact) mass is 246 g/mol. The number of hydrogen-bond donors (Lipinski definition) is 1. The standard InChI is InChI=1S/C15H22N2O/c1-12-6-5-9-17(11-12)15(18)14(16)10-13-7-3-2-4-8-13/h2-4,7-8,12,14H,5-6,9-11,16H2,1H3/t12?,14-/m1/s1. The molecule has 1 unspecified atom stereocenters. The van der Waals surface area contributed by atoms with Crippen LogP contribution in [-0.4, -0.2) is 29.9 Å². The lowest BCUT2D eigenvalue weighted by atomic mass is 9.98. The van der Waals surface area contributed by atoms with E-state index in [1.165, 1.54) is 6.42 Å². The molecule has 1 amide bonds. The second-order valence-corrected chi connectivity index (χ2v) is 5.33. The van der Waals surface area contributed by atoms with E-state index in [1.807, 2.05) is 35.2 Å². The van der Waals surface area contributed by atoms with E-state index in [-0.39, 0.29) is 5.91 Å². The first-order valence-corrected chi connectivity index (χ1v) is 6.75. The van der Waals surface area contributed by atoms with E-state index in [9.17, 15) is 4.79 Å². The molecular weight excluding hydrogens is 224 g/mol. The largest absolute Gasteiger partial charge is 0.341 e. The molecule has 1 aliphatic rings. The first-order chi connectivity index (χ1) is 8.66. The summed E-state index contributed by atoms with van der Waals surface area (Å²) in [6.07, 6.45) is 2.95. The van der Waals surface area contributed by atoms with Crippen LogP contribution in [0.1, 0.15) is 25.3 Å². The zero-order valence-corrected chi connectivity index (χ0v) is 11.0. The number of nitrogens with two attached hydrogens (primary N) is 1. The summed E-state index contributed by atoms with van der Waals surface area (Å²) in [6, 6.07) is 9.57. The fourth-order valence-electron chi connectivity index (χ4n) is 2.58. The van der Waals surface area contributed by atoms with Crippen LogP contribution >= 0.6 is 0 Å². The second kappa shape index (κ2) is 6.01. The number of piperidine rings is 1. The zero-order valence-electron chi connectivity index (χ0n) is 11.0. The predicted octanol–water partition coefficient (Wildman–Crippen LogP) is 1.81. The number of carbonyl (C=O) groups excluding carboxylic acids is 1. The van der Waals surface area contributed by atoms with Crippen molar-refractivity contribution < 1.29 is 4.79 Å². The van der Waals surface area contributed by atoms with Crippen molar-refractivity contribution in [2.45, 2.75) is 32.2 Å². The molecule has 1 heterocycles. The van der Waals surface area contributed by atoms with Crippen molar-refractivity contribution in [3.05, 3.63) is 35.9 Å². The van der Waals surface area contributed by atoms with Crippen molar-refractivity contribution in [1.82, 2.24) is 4.90 Å². The Morgan fingerprint density at radius 2 is 2.17 bits per heavy atom. The van der Waals surface area contributed by atoms with E-state index in [1.54, 1.807) is 0 Å². The van der Waals surface area contributed by atoms with Gasteiger partial charge in [-0.15, -0.1) is 0 Å². The molecule has 1 fully saturated rings. The highest BCUT2D eigenvalue weighted by molar-refractivity contribution is 5.82. The Morgan fingerprint density at radius 3 is 2.83 bits per heavy atom. The number of likely N-dealkylation sites (tertiary alicyclic amines) is 1. The summed E-state index contributed by atoms with van der Waals surface area (Å²) in [5.74, 6) is 0.706. The third-order valence-corrected chi connectivity index (χ3v) is 3.58. The average Bonchev–Trinajstić information content (AvgIpc) is 2.39. The van der Waals surface area contributed by atoms with Crippen LogP contribution in [0.2, 0.25) is 0 Å². The number of rotatable bonds is 3. The maximum absolute atomic E-state index is 12.2. The van der Waals surface area contributed by atoms with Crippen molar-refractivity contribution in [1.29, 1.82) is 0 Å². The molecule has 1 saturated heterocycles. The topological polar surface area (TPSA) is 46.3 Å². The van der Waals surface area contributed by atoms with Gasteiger partial charge in [0.2, 0.25) is 5.91 Å². The van der Waals surface area contributed by atoms with Crippen molar-refractivity contribution >= 4 is 5.91 Å². The van der Waals surface area contributed by atoms with Crippen LogP contribution in [0.15, 0.2) is 30.3 Å². The van der Waals surface area contributed by atoms with Gasteiger partial charge in [-0.25, -0.2) is 0 Å². The summed E-state index contributed by atoms with van der Waals surface area (Å²) >= 11 is 0. The van der Waals surface area contributed by atoms with E-state index in [4.69, 9.17) is 5.73 Å². The number of amides is 1. The van der Waals surface area contributed by atoms with Gasteiger partial charge in [0.25, 0.3) is 0 Å². The third kappa shape index (κ3) is 3.33. The van der Waals surface area contributed by atoms with Crippen LogP contribution in [0, 0.1) is 5.92 Å². The normalized spacial score (nSPS) is 21.7. The molecule has 0 aromatic heterocycles. The summed E-state index contributed by atoms with van der Waals surface area (Å²) in [4.78, 5) is 14.2. The van der Waals surface area contributed by atoms with Gasteiger partial charge >= 0.3 is 0 Å². The van der Waals surface area contributed by atoms with Gasteiger partial charge in [-0.2, -0.15) is 0 Å². The van der Waals surface area contributed by atoms with Gasteiger partial charge in [-0.3, -0.25) is 4.79 Å². The molecule has 3 heteroatoms. The number of hydrogen-bond acceptors (Lipinski definition) is 2. The molecule has 2 N–H and O–H groups in total. The van der Waals surface area contributed by atoms with E-state index in [0.717, 1.165) is 25.1 Å². The summed E-state index contributed by atoms with van der Waals surface area (Å²) in [6.45, 7) is 3.93. The summed E-state index contributed by atoms with van der Waals surface area (Å²) in [5, 5.41) is 0. The van der Waals surface area contributed by atoms with Gasteiger partial charge in [-0.05, 0) is 30.7 Å². The molecule has 18 heavy (non-hydrogen) atoms. The van der Waals surface area contributed by atoms with Crippen LogP contribution in [0.3, 0.4) is 0 Å². The third-order valence-electron chi connectivity index (χ3n) is 3.58. The summed E-state index contributed by atoms with van der Waals surface area (Å²) < 4.78 is 0. The van der Waals surface area contributed by atoms with E-state index in [0.29, 0.717) is 12.3 Å². The molecule has 1 aromatic carbocycles. The summed E-state index contributed by atoms with van der Waals surface area (Å²) in [5.41, 5.74) is 7.16. The van der Waals surface area contributed by atoms with Gasteiger partial charge in [0.1, 0.15) is 0 Å². The number of nitrogens with zero attached hydrogens (tertiary/aromatic N) is 1. The molecule has 0 spiro atoms. The fraction of sp³-hybridized carbons (Fsp3) is 0.533. The Kier molecular flexibility index (Phi) is 4.37. The van der Waals surface area contributed by atoms with E-state index < -0.39 is 6.04 Å². The Labute approximate surface area is 109 Å². The molecule has 3 nitrogen and oxygen atoms in total. The highest BCUT2D eigenvalue weighted by Gasteiger charge is 2.25.